The Labute approximate surface area is 109 Å². The zero-order valence-electron chi connectivity index (χ0n) is 10.6. The Hall–Kier alpha value is -0.0200. The Kier molecular flexibility index (Phi) is 31.9. The summed E-state index contributed by atoms with van der Waals surface area (Å²) >= 11 is 0. The smallest absolute Gasteiger partial charge is 0.122 e. The van der Waals surface area contributed by atoms with Crippen molar-refractivity contribution < 1.29 is 9.90 Å². The minimum atomic E-state index is 0. The number of carbonyl (C=O) groups excluding carboxylic acids is 1. The molecule has 0 radical (unpaired) electrons. The standard InChI is InChI=1S/C6H14O.C6H12O.CH4.H2S/c2*1-3-4-6(2)5-7;;/h6-7H,3-5H2,1-2H3;5-6H,3-4H2,1-2H3;1H4;1H2/t2*6-;;/m10../s1. The van der Waals surface area contributed by atoms with Gasteiger partial charge in [-0.1, -0.05) is 48.0 Å². The van der Waals surface area contributed by atoms with E-state index < -0.39 is 0 Å². The molecule has 1 N–H and O–H groups in total. The van der Waals surface area contributed by atoms with Crippen LogP contribution in [0.3, 0.4) is 0 Å². The van der Waals surface area contributed by atoms with Gasteiger partial charge < -0.3 is 9.90 Å². The van der Waals surface area contributed by atoms with Crippen LogP contribution in [0.2, 0.25) is 0 Å². The largest absolute Gasteiger partial charge is 0.396 e. The minimum absolute atomic E-state index is 0. The molecule has 0 spiro atoms. The van der Waals surface area contributed by atoms with Gasteiger partial charge in [0, 0.05) is 12.5 Å². The molecule has 0 aromatic carbocycles. The summed E-state index contributed by atoms with van der Waals surface area (Å²) in [5.41, 5.74) is 0. The van der Waals surface area contributed by atoms with Gasteiger partial charge in [0.25, 0.3) is 0 Å². The van der Waals surface area contributed by atoms with Crippen molar-refractivity contribution in [2.45, 2.75) is 60.8 Å². The molecule has 3 heteroatoms. The molecule has 0 aliphatic rings. The fraction of sp³-hybridized carbons (Fsp3) is 0.923. The van der Waals surface area contributed by atoms with Gasteiger partial charge in [-0.15, -0.1) is 0 Å². The molecule has 0 aromatic rings. The van der Waals surface area contributed by atoms with Crippen LogP contribution in [0, 0.1) is 11.8 Å². The van der Waals surface area contributed by atoms with E-state index in [0.717, 1.165) is 25.5 Å². The van der Waals surface area contributed by atoms with Crippen molar-refractivity contribution in [1.82, 2.24) is 0 Å². The molecule has 0 heterocycles. The van der Waals surface area contributed by atoms with Crippen molar-refractivity contribution in [1.29, 1.82) is 0 Å². The third-order valence-electron chi connectivity index (χ3n) is 2.07. The highest BCUT2D eigenvalue weighted by Crippen LogP contribution is 2.01. The molecule has 0 amide bonds. The molecular formula is C13H32O2S. The maximum Gasteiger partial charge on any atom is 0.122 e. The Morgan fingerprint density at radius 2 is 1.56 bits per heavy atom. The number of aliphatic hydroxyl groups is 1. The van der Waals surface area contributed by atoms with E-state index in [9.17, 15) is 4.79 Å². The number of aliphatic hydroxyl groups excluding tert-OH is 1. The summed E-state index contributed by atoms with van der Waals surface area (Å²) in [5, 5.41) is 8.47. The quantitative estimate of drug-likeness (QED) is 0.730. The Morgan fingerprint density at radius 3 is 1.69 bits per heavy atom. The van der Waals surface area contributed by atoms with Crippen LogP contribution >= 0.6 is 13.5 Å². The second-order valence-electron chi connectivity index (χ2n) is 3.98. The maximum absolute atomic E-state index is 9.89. The molecule has 0 unspecified atom stereocenters. The average molecular weight is 252 g/mol. The number of hydrogen-bond donors (Lipinski definition) is 1. The van der Waals surface area contributed by atoms with E-state index in [1.165, 1.54) is 6.42 Å². The molecule has 0 aliphatic heterocycles. The van der Waals surface area contributed by atoms with E-state index in [4.69, 9.17) is 5.11 Å². The van der Waals surface area contributed by atoms with Gasteiger partial charge in [-0.05, 0) is 18.8 Å². The van der Waals surface area contributed by atoms with Crippen molar-refractivity contribution in [3.8, 4) is 0 Å². The first-order valence-corrected chi connectivity index (χ1v) is 5.68. The van der Waals surface area contributed by atoms with Gasteiger partial charge in [-0.3, -0.25) is 0 Å². The third-order valence-corrected chi connectivity index (χ3v) is 2.07. The molecule has 0 aliphatic carbocycles. The Balaban J connectivity index is -0.0000000800. The highest BCUT2D eigenvalue weighted by molar-refractivity contribution is 7.59. The lowest BCUT2D eigenvalue weighted by atomic mass is 10.1. The Bertz CT molecular complexity index is 119. The molecule has 0 saturated carbocycles. The molecule has 0 fully saturated rings. The molecule has 2 atom stereocenters. The van der Waals surface area contributed by atoms with Crippen LogP contribution in [0.4, 0.5) is 0 Å². The lowest BCUT2D eigenvalue weighted by molar-refractivity contribution is -0.110. The summed E-state index contributed by atoms with van der Waals surface area (Å²) in [6.07, 6.45) is 5.48. The van der Waals surface area contributed by atoms with Crippen LogP contribution in [-0.2, 0) is 4.79 Å². The van der Waals surface area contributed by atoms with Crippen molar-refractivity contribution in [3.63, 3.8) is 0 Å². The second kappa shape index (κ2) is 20.4. The molecule has 0 aromatic heterocycles. The molecule has 0 saturated heterocycles. The normalized spacial score (nSPS) is 12.1. The van der Waals surface area contributed by atoms with E-state index in [2.05, 4.69) is 20.8 Å². The van der Waals surface area contributed by atoms with E-state index >= 15 is 0 Å². The summed E-state index contributed by atoms with van der Waals surface area (Å²) in [6.45, 7) is 8.56. The number of rotatable bonds is 6. The summed E-state index contributed by atoms with van der Waals surface area (Å²) < 4.78 is 0. The topological polar surface area (TPSA) is 37.3 Å². The lowest BCUT2D eigenvalue weighted by Crippen LogP contribution is -1.98. The van der Waals surface area contributed by atoms with Crippen molar-refractivity contribution in [2.24, 2.45) is 11.8 Å². The van der Waals surface area contributed by atoms with E-state index in [0.29, 0.717) is 12.5 Å². The SMILES string of the molecule is C.CCC[C@@H](C)CO.CCC[C@H](C)C=O.S. The highest BCUT2D eigenvalue weighted by Gasteiger charge is 1.94. The van der Waals surface area contributed by atoms with Crippen LogP contribution in [0.1, 0.15) is 60.8 Å². The summed E-state index contributed by atoms with van der Waals surface area (Å²) in [6, 6.07) is 0. The Morgan fingerprint density at radius 1 is 1.12 bits per heavy atom. The van der Waals surface area contributed by atoms with Crippen LogP contribution in [0.25, 0.3) is 0 Å². The number of carbonyl (C=O) groups is 1. The summed E-state index contributed by atoms with van der Waals surface area (Å²) in [7, 11) is 0. The lowest BCUT2D eigenvalue weighted by Gasteiger charge is -2.01. The van der Waals surface area contributed by atoms with Gasteiger partial charge in [0.1, 0.15) is 6.29 Å². The van der Waals surface area contributed by atoms with Crippen molar-refractivity contribution in [3.05, 3.63) is 0 Å². The van der Waals surface area contributed by atoms with Gasteiger partial charge >= 0.3 is 0 Å². The molecular weight excluding hydrogens is 220 g/mol. The van der Waals surface area contributed by atoms with E-state index in [-0.39, 0.29) is 26.8 Å². The molecule has 0 bridgehead atoms. The molecule has 2 nitrogen and oxygen atoms in total. The summed E-state index contributed by atoms with van der Waals surface area (Å²) in [5.74, 6) is 0.773. The van der Waals surface area contributed by atoms with Crippen LogP contribution in [0.5, 0.6) is 0 Å². The first-order chi connectivity index (χ1) is 6.62. The highest BCUT2D eigenvalue weighted by atomic mass is 32.1. The first-order valence-electron chi connectivity index (χ1n) is 5.68. The van der Waals surface area contributed by atoms with Crippen LogP contribution in [0.15, 0.2) is 0 Å². The van der Waals surface area contributed by atoms with Crippen molar-refractivity contribution >= 4 is 19.8 Å². The molecule has 0 rings (SSSR count). The van der Waals surface area contributed by atoms with Gasteiger partial charge in [0.15, 0.2) is 0 Å². The van der Waals surface area contributed by atoms with Gasteiger partial charge in [0.05, 0.1) is 0 Å². The van der Waals surface area contributed by atoms with Gasteiger partial charge in [-0.2, -0.15) is 13.5 Å². The van der Waals surface area contributed by atoms with Gasteiger partial charge in [0.2, 0.25) is 0 Å². The zero-order valence-corrected chi connectivity index (χ0v) is 11.6. The monoisotopic (exact) mass is 252 g/mol. The third kappa shape index (κ3) is 23.6. The maximum atomic E-state index is 9.89. The number of aldehydes is 1. The zero-order chi connectivity index (χ0) is 11.4. The fourth-order valence-corrected chi connectivity index (χ4v) is 1.11. The second-order valence-corrected chi connectivity index (χ2v) is 3.98. The number of hydrogen-bond acceptors (Lipinski definition) is 2. The van der Waals surface area contributed by atoms with E-state index in [1.54, 1.807) is 0 Å². The fourth-order valence-electron chi connectivity index (χ4n) is 1.11. The van der Waals surface area contributed by atoms with Gasteiger partial charge in [-0.25, -0.2) is 0 Å². The van der Waals surface area contributed by atoms with E-state index in [1.807, 2.05) is 6.92 Å². The minimum Gasteiger partial charge on any atom is -0.396 e. The first kappa shape index (κ1) is 25.0. The predicted octanol–water partition coefficient (Wildman–Crippen LogP) is 3.79. The molecule has 102 valence electrons. The van der Waals surface area contributed by atoms with Crippen LogP contribution < -0.4 is 0 Å². The molecule has 16 heavy (non-hydrogen) atoms. The van der Waals surface area contributed by atoms with Crippen molar-refractivity contribution in [2.75, 3.05) is 6.61 Å². The summed E-state index contributed by atoms with van der Waals surface area (Å²) in [4.78, 5) is 9.89. The predicted molar refractivity (Wildman–Crippen MR) is 78.4 cm³/mol. The van der Waals surface area contributed by atoms with Crippen LogP contribution in [-0.4, -0.2) is 18.0 Å². The average Bonchev–Trinajstić information content (AvgIpc) is 2.19.